The van der Waals surface area contributed by atoms with Gasteiger partial charge in [-0.15, -0.1) is 0 Å². The van der Waals surface area contributed by atoms with Crippen LogP contribution in [-0.4, -0.2) is 46.7 Å². The van der Waals surface area contributed by atoms with Crippen LogP contribution in [0.3, 0.4) is 0 Å². The van der Waals surface area contributed by atoms with Gasteiger partial charge in [0.05, 0.1) is 17.0 Å². The molecule has 1 fully saturated rings. The van der Waals surface area contributed by atoms with Crippen molar-refractivity contribution >= 4 is 27.5 Å². The number of hydrogen-bond donors (Lipinski definition) is 1. The minimum Gasteiger partial charge on any atom is -0.346 e. The van der Waals surface area contributed by atoms with Gasteiger partial charge in [0.2, 0.25) is 0 Å². The first-order valence-corrected chi connectivity index (χ1v) is 9.36. The summed E-state index contributed by atoms with van der Waals surface area (Å²) in [6, 6.07) is 0. The summed E-state index contributed by atoms with van der Waals surface area (Å²) < 4.78 is 24.6. The Morgan fingerprint density at radius 2 is 2.29 bits per heavy atom. The Balaban J connectivity index is 1.86. The van der Waals surface area contributed by atoms with Crippen molar-refractivity contribution in [1.29, 1.82) is 0 Å². The van der Waals surface area contributed by atoms with E-state index >= 15 is 0 Å². The van der Waals surface area contributed by atoms with E-state index in [0.29, 0.717) is 18.1 Å². The molecule has 2 aliphatic rings. The smallest absolute Gasteiger partial charge is 0.267 e. The number of fused-ring (bicyclic) bond motifs is 1. The molecule has 21 heavy (non-hydrogen) atoms. The van der Waals surface area contributed by atoms with E-state index in [9.17, 15) is 18.0 Å². The van der Waals surface area contributed by atoms with Crippen molar-refractivity contribution in [3.05, 3.63) is 22.1 Å². The first-order chi connectivity index (χ1) is 9.80. The highest BCUT2D eigenvalue weighted by molar-refractivity contribution is 7.99. The molecule has 1 aromatic rings. The lowest BCUT2D eigenvalue weighted by atomic mass is 10.0. The first-order valence-electron chi connectivity index (χ1n) is 6.55. The molecule has 0 spiro atoms. The van der Waals surface area contributed by atoms with Gasteiger partial charge >= 0.3 is 0 Å². The molecule has 1 saturated heterocycles. The molecule has 3 heterocycles. The molecule has 7 nitrogen and oxygen atoms in total. The van der Waals surface area contributed by atoms with Crippen LogP contribution in [0.2, 0.25) is 0 Å². The number of amides is 1. The Morgan fingerprint density at radius 3 is 2.95 bits per heavy atom. The molecule has 0 aromatic carbocycles. The van der Waals surface area contributed by atoms with E-state index in [1.165, 1.54) is 22.5 Å². The van der Waals surface area contributed by atoms with Gasteiger partial charge in [-0.05, 0) is 13.3 Å². The van der Waals surface area contributed by atoms with Crippen molar-refractivity contribution in [2.24, 2.45) is 0 Å². The zero-order chi connectivity index (χ0) is 15.3. The third-order valence-electron chi connectivity index (χ3n) is 3.72. The summed E-state index contributed by atoms with van der Waals surface area (Å²) in [6.07, 6.45) is 1.63. The fourth-order valence-corrected chi connectivity index (χ4v) is 5.63. The first kappa shape index (κ1) is 14.6. The fourth-order valence-electron chi connectivity index (χ4n) is 2.62. The molecule has 1 N–H and O–H groups in total. The Labute approximate surface area is 126 Å². The van der Waals surface area contributed by atoms with E-state index in [2.05, 4.69) is 10.3 Å². The quantitative estimate of drug-likeness (QED) is 0.745. The predicted molar refractivity (Wildman–Crippen MR) is 78.4 cm³/mol. The Bertz CT molecular complexity index is 771. The molecule has 0 aliphatic carbocycles. The second-order valence-corrected chi connectivity index (χ2v) is 8.86. The Kier molecular flexibility index (Phi) is 3.36. The molecular formula is C12H15N3O4S2. The highest BCUT2D eigenvalue weighted by Gasteiger charge is 2.40. The summed E-state index contributed by atoms with van der Waals surface area (Å²) in [7, 11) is -3.12. The summed E-state index contributed by atoms with van der Waals surface area (Å²) in [6.45, 7) is 2.22. The van der Waals surface area contributed by atoms with E-state index in [0.717, 1.165) is 5.75 Å². The molecule has 1 amide bonds. The minimum atomic E-state index is -3.12. The van der Waals surface area contributed by atoms with Crippen molar-refractivity contribution in [1.82, 2.24) is 14.9 Å². The molecular weight excluding hydrogens is 314 g/mol. The van der Waals surface area contributed by atoms with Crippen LogP contribution in [0.1, 0.15) is 23.7 Å². The number of carbonyl (C=O) groups is 1. The largest absolute Gasteiger partial charge is 0.346 e. The van der Waals surface area contributed by atoms with Crippen LogP contribution in [-0.2, 0) is 16.4 Å². The highest BCUT2D eigenvalue weighted by atomic mass is 32.2. The van der Waals surface area contributed by atoms with Crippen molar-refractivity contribution < 1.29 is 13.2 Å². The predicted octanol–water partition coefficient (Wildman–Crippen LogP) is -0.344. The van der Waals surface area contributed by atoms with Gasteiger partial charge in [-0.3, -0.25) is 14.2 Å². The van der Waals surface area contributed by atoms with Gasteiger partial charge in [0.25, 0.3) is 11.5 Å². The zero-order valence-electron chi connectivity index (χ0n) is 11.5. The third-order valence-corrected chi connectivity index (χ3v) is 6.59. The van der Waals surface area contributed by atoms with Crippen LogP contribution >= 0.6 is 11.8 Å². The van der Waals surface area contributed by atoms with E-state index in [-0.39, 0.29) is 22.6 Å². The van der Waals surface area contributed by atoms with Gasteiger partial charge in [-0.25, -0.2) is 13.4 Å². The van der Waals surface area contributed by atoms with E-state index in [1.54, 1.807) is 6.92 Å². The second kappa shape index (κ2) is 4.84. The van der Waals surface area contributed by atoms with Crippen molar-refractivity contribution in [2.75, 3.05) is 17.3 Å². The molecule has 9 heteroatoms. The van der Waals surface area contributed by atoms with Gasteiger partial charge in [-0.1, -0.05) is 11.8 Å². The van der Waals surface area contributed by atoms with Crippen molar-refractivity contribution in [3.63, 3.8) is 0 Å². The summed E-state index contributed by atoms with van der Waals surface area (Å²) in [5.41, 5.74) is -1.22. The fraction of sp³-hybridized carbons (Fsp3) is 0.583. The number of thioether (sulfide) groups is 1. The second-order valence-electron chi connectivity index (χ2n) is 5.62. The Hall–Kier alpha value is -1.35. The normalized spacial score (nSPS) is 26.5. The zero-order valence-corrected chi connectivity index (χ0v) is 13.1. The Morgan fingerprint density at radius 1 is 1.52 bits per heavy atom. The summed E-state index contributed by atoms with van der Waals surface area (Å²) in [5, 5.41) is 3.30. The highest BCUT2D eigenvalue weighted by Crippen LogP contribution is 2.24. The van der Waals surface area contributed by atoms with Crippen LogP contribution in [0.5, 0.6) is 0 Å². The van der Waals surface area contributed by atoms with Gasteiger partial charge in [-0.2, -0.15) is 0 Å². The summed E-state index contributed by atoms with van der Waals surface area (Å²) >= 11 is 1.48. The topological polar surface area (TPSA) is 98.1 Å². The lowest BCUT2D eigenvalue weighted by molar-refractivity contribution is 0.0912. The average molecular weight is 329 g/mol. The monoisotopic (exact) mass is 329 g/mol. The van der Waals surface area contributed by atoms with E-state index < -0.39 is 21.3 Å². The molecule has 1 atom stereocenters. The lowest BCUT2D eigenvalue weighted by Crippen LogP contribution is -2.48. The van der Waals surface area contributed by atoms with E-state index in [4.69, 9.17) is 0 Å². The van der Waals surface area contributed by atoms with Crippen LogP contribution in [0, 0.1) is 0 Å². The minimum absolute atomic E-state index is 0.0354. The van der Waals surface area contributed by atoms with Gasteiger partial charge in [0, 0.05) is 18.5 Å². The van der Waals surface area contributed by atoms with Crippen molar-refractivity contribution in [2.45, 2.75) is 30.6 Å². The number of hydrogen-bond acceptors (Lipinski definition) is 6. The van der Waals surface area contributed by atoms with Gasteiger partial charge in [0.15, 0.2) is 15.0 Å². The summed E-state index contributed by atoms with van der Waals surface area (Å²) in [4.78, 5) is 28.6. The molecule has 114 valence electrons. The number of sulfone groups is 1. The number of rotatable bonds is 2. The number of carbonyl (C=O) groups excluding carboxylic acids is 1. The third kappa shape index (κ3) is 2.71. The molecule has 0 bridgehead atoms. The summed E-state index contributed by atoms with van der Waals surface area (Å²) in [5.74, 6) is 0.172. The maximum Gasteiger partial charge on any atom is 0.267 e. The molecule has 0 unspecified atom stereocenters. The van der Waals surface area contributed by atoms with Gasteiger partial charge < -0.3 is 5.32 Å². The lowest BCUT2D eigenvalue weighted by Gasteiger charge is -2.23. The molecule has 0 saturated carbocycles. The maximum atomic E-state index is 12.3. The molecule has 1 aromatic heterocycles. The average Bonchev–Trinajstić information content (AvgIpc) is 2.94. The van der Waals surface area contributed by atoms with E-state index in [1.807, 2.05) is 0 Å². The van der Waals surface area contributed by atoms with Crippen LogP contribution in [0.4, 0.5) is 0 Å². The SMILES string of the molecule is C[C@]1(NC(=O)c2cnc3n(c2=O)CCS3)CCS(=O)(=O)C1. The van der Waals surface area contributed by atoms with Crippen LogP contribution in [0.15, 0.2) is 16.1 Å². The van der Waals surface area contributed by atoms with Crippen LogP contribution < -0.4 is 10.9 Å². The van der Waals surface area contributed by atoms with Gasteiger partial charge in [0.1, 0.15) is 5.56 Å². The molecule has 0 radical (unpaired) electrons. The van der Waals surface area contributed by atoms with Crippen LogP contribution in [0.25, 0.3) is 0 Å². The number of nitrogens with one attached hydrogen (secondary N) is 1. The molecule has 3 rings (SSSR count). The number of nitrogens with zero attached hydrogens (tertiary/aromatic N) is 2. The maximum absolute atomic E-state index is 12.3. The van der Waals surface area contributed by atoms with Crippen molar-refractivity contribution in [3.8, 4) is 0 Å². The number of aromatic nitrogens is 2. The molecule has 2 aliphatic heterocycles. The standard InChI is InChI=1S/C12H15N3O4S2/c1-12(2-5-21(18,19)7-12)14-9(16)8-6-13-11-15(10(8)17)3-4-20-11/h6H,2-5,7H2,1H3,(H,14,16)/t12-/m0/s1.